The molecule has 4 rings (SSSR count). The van der Waals surface area contributed by atoms with Crippen LogP contribution in [0.4, 0.5) is 10.8 Å². The minimum absolute atomic E-state index is 0.0499. The summed E-state index contributed by atoms with van der Waals surface area (Å²) in [6, 6.07) is 13.8. The number of aliphatic hydroxyl groups excluding tert-OH is 1. The van der Waals surface area contributed by atoms with E-state index in [0.717, 1.165) is 10.4 Å². The fourth-order valence-corrected chi connectivity index (χ4v) is 4.92. The van der Waals surface area contributed by atoms with Crippen molar-refractivity contribution >= 4 is 40.5 Å². The van der Waals surface area contributed by atoms with Crippen LogP contribution in [0.3, 0.4) is 0 Å². The largest absolute Gasteiger partial charge is 0.465 e. The molecule has 0 radical (unpaired) electrons. The standard InChI is InChI=1S/C29H31N5O5S/c1-4-13-33(27(36)21-11-12-23-26(15-21)39-28(31-23)32(3)5-2)18-25(35)24(14-20-9-7-6-8-10-20)34(29(37)38)17-22-16-30-19-40-22/h1,6-12,15-16,19,24-25,35H,5,13-14,17-18H2,2-3H3,(H,37,38)/t24?,25-/m1/s1. The zero-order chi connectivity index (χ0) is 28.6. The second-order valence-electron chi connectivity index (χ2n) is 9.29. The Labute approximate surface area is 236 Å². The van der Waals surface area contributed by atoms with Gasteiger partial charge in [-0.1, -0.05) is 36.3 Å². The molecule has 0 fully saturated rings. The maximum Gasteiger partial charge on any atom is 0.407 e. The van der Waals surface area contributed by atoms with Crippen molar-refractivity contribution in [2.24, 2.45) is 0 Å². The van der Waals surface area contributed by atoms with Crippen molar-refractivity contribution < 1.29 is 24.2 Å². The van der Waals surface area contributed by atoms with Crippen molar-refractivity contribution in [2.75, 3.05) is 31.6 Å². The summed E-state index contributed by atoms with van der Waals surface area (Å²) in [5, 5.41) is 21.6. The quantitative estimate of drug-likeness (QED) is 0.249. The van der Waals surface area contributed by atoms with Gasteiger partial charge < -0.3 is 24.4 Å². The molecule has 2 aromatic carbocycles. The van der Waals surface area contributed by atoms with Crippen LogP contribution in [0.5, 0.6) is 0 Å². The van der Waals surface area contributed by atoms with Gasteiger partial charge in [0.15, 0.2) is 5.58 Å². The van der Waals surface area contributed by atoms with Crippen LogP contribution in [0.25, 0.3) is 11.1 Å². The molecule has 2 atom stereocenters. The van der Waals surface area contributed by atoms with Crippen molar-refractivity contribution in [3.8, 4) is 12.3 Å². The number of anilines is 1. The van der Waals surface area contributed by atoms with E-state index in [1.807, 2.05) is 49.2 Å². The number of thiazole rings is 1. The summed E-state index contributed by atoms with van der Waals surface area (Å²) < 4.78 is 5.82. The van der Waals surface area contributed by atoms with Gasteiger partial charge in [0.05, 0.1) is 30.7 Å². The van der Waals surface area contributed by atoms with E-state index >= 15 is 0 Å². The second-order valence-corrected chi connectivity index (χ2v) is 10.3. The molecule has 2 heterocycles. The highest BCUT2D eigenvalue weighted by Gasteiger charge is 2.33. The molecule has 0 spiro atoms. The summed E-state index contributed by atoms with van der Waals surface area (Å²) in [5.74, 6) is 2.07. The third-order valence-corrected chi connectivity index (χ3v) is 7.35. The highest BCUT2D eigenvalue weighted by atomic mass is 32.1. The van der Waals surface area contributed by atoms with Crippen LogP contribution in [0.15, 0.2) is 64.7 Å². The highest BCUT2D eigenvalue weighted by Crippen LogP contribution is 2.24. The van der Waals surface area contributed by atoms with Crippen LogP contribution in [0, 0.1) is 12.3 Å². The Balaban J connectivity index is 1.60. The molecule has 208 valence electrons. The number of amides is 2. The minimum atomic E-state index is -1.24. The number of nitrogens with zero attached hydrogens (tertiary/aromatic N) is 5. The van der Waals surface area contributed by atoms with Gasteiger partial charge >= 0.3 is 6.09 Å². The molecule has 10 nitrogen and oxygen atoms in total. The Morgan fingerprint density at radius 2 is 1.98 bits per heavy atom. The predicted molar refractivity (Wildman–Crippen MR) is 153 cm³/mol. The number of terminal acetylenes is 1. The molecule has 11 heteroatoms. The lowest BCUT2D eigenvalue weighted by molar-refractivity contribution is 0.0240. The van der Waals surface area contributed by atoms with Crippen LogP contribution < -0.4 is 4.90 Å². The summed E-state index contributed by atoms with van der Waals surface area (Å²) >= 11 is 1.33. The molecule has 0 saturated heterocycles. The van der Waals surface area contributed by atoms with Gasteiger partial charge in [-0.25, -0.2) is 4.79 Å². The molecule has 40 heavy (non-hydrogen) atoms. The number of carbonyl (C=O) groups is 2. The highest BCUT2D eigenvalue weighted by molar-refractivity contribution is 7.09. The van der Waals surface area contributed by atoms with Gasteiger partial charge in [-0.3, -0.25) is 14.7 Å². The molecule has 2 amide bonds. The molecule has 2 aromatic heterocycles. The number of aromatic nitrogens is 2. The summed E-state index contributed by atoms with van der Waals surface area (Å²) in [7, 11) is 1.86. The van der Waals surface area contributed by atoms with Gasteiger partial charge in [0, 0.05) is 36.8 Å². The zero-order valence-electron chi connectivity index (χ0n) is 22.3. The number of carbonyl (C=O) groups excluding carboxylic acids is 1. The zero-order valence-corrected chi connectivity index (χ0v) is 23.1. The molecule has 4 aromatic rings. The van der Waals surface area contributed by atoms with Crippen molar-refractivity contribution in [3.63, 3.8) is 0 Å². The van der Waals surface area contributed by atoms with E-state index in [1.165, 1.54) is 21.1 Å². The van der Waals surface area contributed by atoms with Crippen LogP contribution >= 0.6 is 11.3 Å². The van der Waals surface area contributed by atoms with E-state index < -0.39 is 24.1 Å². The third-order valence-electron chi connectivity index (χ3n) is 6.59. The summed E-state index contributed by atoms with van der Waals surface area (Å²) in [5.41, 5.74) is 3.85. The van der Waals surface area contributed by atoms with Crippen molar-refractivity contribution in [3.05, 3.63) is 76.2 Å². The summed E-state index contributed by atoms with van der Waals surface area (Å²) in [4.78, 5) is 39.5. The molecule has 0 aliphatic carbocycles. The monoisotopic (exact) mass is 561 g/mol. The summed E-state index contributed by atoms with van der Waals surface area (Å²) in [6.45, 7) is 2.47. The van der Waals surface area contributed by atoms with Gasteiger partial charge in [-0.05, 0) is 37.1 Å². The molecule has 2 N–H and O–H groups in total. The van der Waals surface area contributed by atoms with E-state index in [0.29, 0.717) is 29.2 Å². The van der Waals surface area contributed by atoms with Gasteiger partial charge in [0.2, 0.25) is 0 Å². The maximum absolute atomic E-state index is 13.6. The summed E-state index contributed by atoms with van der Waals surface area (Å²) in [6.07, 6.45) is 5.01. The first-order valence-corrected chi connectivity index (χ1v) is 13.6. The third kappa shape index (κ3) is 6.77. The van der Waals surface area contributed by atoms with Crippen molar-refractivity contribution in [2.45, 2.75) is 32.0 Å². The Bertz CT molecular complexity index is 1470. The first kappa shape index (κ1) is 28.6. The lowest BCUT2D eigenvalue weighted by atomic mass is 9.99. The number of hydrogen-bond acceptors (Lipinski definition) is 8. The molecular formula is C29H31N5O5S. The fourth-order valence-electron chi connectivity index (χ4n) is 4.33. The van der Waals surface area contributed by atoms with E-state index in [2.05, 4.69) is 15.9 Å². The molecule has 0 aliphatic heterocycles. The van der Waals surface area contributed by atoms with E-state index in [1.54, 1.807) is 29.9 Å². The number of aliphatic hydroxyl groups is 1. The lowest BCUT2D eigenvalue weighted by Crippen LogP contribution is -2.52. The van der Waals surface area contributed by atoms with Gasteiger partial charge in [-0.15, -0.1) is 17.8 Å². The molecule has 0 bridgehead atoms. The van der Waals surface area contributed by atoms with Crippen LogP contribution in [-0.2, 0) is 13.0 Å². The van der Waals surface area contributed by atoms with Gasteiger partial charge in [-0.2, -0.15) is 4.98 Å². The minimum Gasteiger partial charge on any atom is -0.465 e. The topological polar surface area (TPSA) is 123 Å². The maximum atomic E-state index is 13.6. The molecule has 0 saturated carbocycles. The molecular weight excluding hydrogens is 530 g/mol. The number of rotatable bonds is 12. The van der Waals surface area contributed by atoms with Gasteiger partial charge in [0.1, 0.15) is 5.52 Å². The van der Waals surface area contributed by atoms with Crippen LogP contribution in [0.2, 0.25) is 0 Å². The normalized spacial score (nSPS) is 12.4. The average Bonchev–Trinajstić information content (AvgIpc) is 3.63. The second kappa shape index (κ2) is 13.1. The number of benzene rings is 2. The van der Waals surface area contributed by atoms with Crippen LogP contribution in [0.1, 0.15) is 27.7 Å². The first-order chi connectivity index (χ1) is 19.3. The molecule has 0 aliphatic rings. The Kier molecular flexibility index (Phi) is 9.37. The molecule has 1 unspecified atom stereocenters. The fraction of sp³-hybridized carbons (Fsp3) is 0.310. The first-order valence-electron chi connectivity index (χ1n) is 12.7. The predicted octanol–water partition coefficient (Wildman–Crippen LogP) is 3.97. The smallest absolute Gasteiger partial charge is 0.407 e. The lowest BCUT2D eigenvalue weighted by Gasteiger charge is -2.35. The van der Waals surface area contributed by atoms with Crippen molar-refractivity contribution in [1.82, 2.24) is 19.8 Å². The van der Waals surface area contributed by atoms with E-state index in [4.69, 9.17) is 10.8 Å². The Morgan fingerprint density at radius 3 is 2.62 bits per heavy atom. The van der Waals surface area contributed by atoms with Crippen LogP contribution in [-0.4, -0.2) is 80.8 Å². The number of hydrogen-bond donors (Lipinski definition) is 2. The Morgan fingerprint density at radius 1 is 1.20 bits per heavy atom. The van der Waals surface area contributed by atoms with Crippen molar-refractivity contribution in [1.29, 1.82) is 0 Å². The number of oxazole rings is 1. The van der Waals surface area contributed by atoms with E-state index in [9.17, 15) is 19.8 Å². The van der Waals surface area contributed by atoms with E-state index in [-0.39, 0.29) is 26.1 Å². The average molecular weight is 562 g/mol. The Hall–Kier alpha value is -4.40. The number of carboxylic acid groups (broad SMARTS) is 1. The van der Waals surface area contributed by atoms with Gasteiger partial charge in [0.25, 0.3) is 11.9 Å². The SMILES string of the molecule is C#CCN(C[C@@H](O)C(Cc1ccccc1)N(Cc1cncs1)C(=O)O)C(=O)c1ccc2nc(N(C)CC)oc2c1. The number of fused-ring (bicyclic) bond motifs is 1.